The van der Waals surface area contributed by atoms with Crippen LogP contribution in [0.1, 0.15) is 237 Å². The molecule has 0 aromatic carbocycles. The van der Waals surface area contributed by atoms with Crippen molar-refractivity contribution in [2.75, 3.05) is 0 Å². The lowest BCUT2D eigenvalue weighted by Gasteiger charge is -2.70. The molecule has 0 bridgehead atoms. The minimum absolute atomic E-state index is 0.0212. The van der Waals surface area contributed by atoms with Gasteiger partial charge in [0.15, 0.2) is 0 Å². The van der Waals surface area contributed by atoms with Crippen LogP contribution in [0.2, 0.25) is 0 Å². The zero-order chi connectivity index (χ0) is 43.5. The number of hydrogen-bond donors (Lipinski definition) is 2. The molecule has 324 valence electrons. The van der Waals surface area contributed by atoms with Crippen LogP contribution in [0.3, 0.4) is 0 Å². The third-order valence-electron chi connectivity index (χ3n) is 20.8. The standard InChI is InChI=1S/C53H100O2/c1-25-42(9,10)50(43(11,12)26-2)34-38(40(54)52(36-50,46(17,18)29-5)47(19,20)30-6)33-39-35-51(44(13,14)27-3,45(15,16)28-4)37-53(41(39)55,48(21,22)31-7)49(23,24)32-8/h34-35,40-41,54-55H,25-33,36-37H2,1-24H3. The fraction of sp³-hybridized carbons (Fsp3) is 0.925. The Morgan fingerprint density at radius 3 is 0.727 bits per heavy atom. The second-order valence-corrected chi connectivity index (χ2v) is 24.6. The Kier molecular flexibility index (Phi) is 14.5. The van der Waals surface area contributed by atoms with Gasteiger partial charge in [-0.1, -0.05) is 230 Å². The second-order valence-electron chi connectivity index (χ2n) is 24.6. The summed E-state index contributed by atoms with van der Waals surface area (Å²) < 4.78 is 0. The molecule has 0 aliphatic heterocycles. The molecule has 2 rings (SSSR count). The van der Waals surface area contributed by atoms with Gasteiger partial charge < -0.3 is 10.2 Å². The van der Waals surface area contributed by atoms with E-state index in [1.807, 2.05) is 0 Å². The van der Waals surface area contributed by atoms with E-state index in [2.05, 4.69) is 178 Å². The number of aliphatic hydroxyl groups is 2. The molecule has 55 heavy (non-hydrogen) atoms. The smallest absolute Gasteiger partial charge is 0.0820 e. The minimum Gasteiger partial charge on any atom is -0.388 e. The van der Waals surface area contributed by atoms with E-state index in [0.717, 1.165) is 64.2 Å². The third-order valence-corrected chi connectivity index (χ3v) is 20.8. The molecule has 0 fully saturated rings. The summed E-state index contributed by atoms with van der Waals surface area (Å²) in [7, 11) is 0. The van der Waals surface area contributed by atoms with Gasteiger partial charge in [0.1, 0.15) is 0 Å². The molecule has 0 spiro atoms. The van der Waals surface area contributed by atoms with E-state index < -0.39 is 23.0 Å². The Hall–Kier alpha value is -0.600. The van der Waals surface area contributed by atoms with E-state index in [-0.39, 0.29) is 54.1 Å². The van der Waals surface area contributed by atoms with E-state index in [1.54, 1.807) is 0 Å². The Balaban J connectivity index is 3.48. The Morgan fingerprint density at radius 2 is 0.564 bits per heavy atom. The number of rotatable bonds is 18. The van der Waals surface area contributed by atoms with Gasteiger partial charge in [0, 0.05) is 10.8 Å². The molecule has 0 radical (unpaired) electrons. The van der Waals surface area contributed by atoms with Gasteiger partial charge in [0.25, 0.3) is 0 Å². The van der Waals surface area contributed by atoms with Crippen molar-refractivity contribution in [2.45, 2.75) is 249 Å². The molecule has 0 saturated heterocycles. The van der Waals surface area contributed by atoms with Gasteiger partial charge in [-0.25, -0.2) is 0 Å². The summed E-state index contributed by atoms with van der Waals surface area (Å²) in [6, 6.07) is 0. The van der Waals surface area contributed by atoms with Crippen molar-refractivity contribution in [1.29, 1.82) is 0 Å². The largest absolute Gasteiger partial charge is 0.388 e. The molecular weight excluding hydrogens is 669 g/mol. The van der Waals surface area contributed by atoms with Crippen molar-refractivity contribution < 1.29 is 10.2 Å². The fourth-order valence-corrected chi connectivity index (χ4v) is 13.5. The van der Waals surface area contributed by atoms with Crippen LogP contribution in [-0.2, 0) is 0 Å². The van der Waals surface area contributed by atoms with Gasteiger partial charge >= 0.3 is 0 Å². The summed E-state index contributed by atoms with van der Waals surface area (Å²) in [6.07, 6.45) is 14.8. The summed E-state index contributed by atoms with van der Waals surface area (Å²) in [5, 5.41) is 27.3. The highest BCUT2D eigenvalue weighted by Crippen LogP contribution is 2.75. The molecular formula is C53H100O2. The predicted octanol–water partition coefficient (Wildman–Crippen LogP) is 16.2. The molecule has 2 heteroatoms. The maximum Gasteiger partial charge on any atom is 0.0820 e. The molecule has 0 amide bonds. The van der Waals surface area contributed by atoms with Crippen LogP contribution in [0.5, 0.6) is 0 Å². The summed E-state index contributed by atoms with van der Waals surface area (Å²) in [5.41, 5.74) is 0.554. The lowest BCUT2D eigenvalue weighted by Crippen LogP contribution is -2.65. The lowest BCUT2D eigenvalue weighted by molar-refractivity contribution is -0.199. The fourth-order valence-electron chi connectivity index (χ4n) is 13.5. The minimum atomic E-state index is -0.624. The first-order valence-electron chi connectivity index (χ1n) is 23.4. The zero-order valence-electron chi connectivity index (χ0n) is 42.0. The van der Waals surface area contributed by atoms with Gasteiger partial charge in [-0.15, -0.1) is 0 Å². The summed E-state index contributed by atoms with van der Waals surface area (Å²) in [5.74, 6) is 0. The predicted molar refractivity (Wildman–Crippen MR) is 244 cm³/mol. The SMILES string of the molecule is CCC(C)(C)C1(C(C)(C)CC)C=C(CC2=CC(C(C)(C)CC)(C(C)(C)CC)CC(C(C)(C)CC)(C(C)(C)CC)C2O)C(O)C(C(C)(C)CC)(C(C)(C)CC)C1. The third kappa shape index (κ3) is 7.06. The van der Waals surface area contributed by atoms with Gasteiger partial charge in [0.2, 0.25) is 0 Å². The number of hydrogen-bond acceptors (Lipinski definition) is 2. The van der Waals surface area contributed by atoms with E-state index in [9.17, 15) is 10.2 Å². The van der Waals surface area contributed by atoms with Gasteiger partial charge in [-0.3, -0.25) is 0 Å². The molecule has 2 aliphatic rings. The zero-order valence-corrected chi connectivity index (χ0v) is 42.0. The first kappa shape index (κ1) is 50.5. The van der Waals surface area contributed by atoms with E-state index in [4.69, 9.17) is 0 Å². The van der Waals surface area contributed by atoms with E-state index >= 15 is 0 Å². The monoisotopic (exact) mass is 769 g/mol. The highest BCUT2D eigenvalue weighted by Gasteiger charge is 2.70. The Morgan fingerprint density at radius 1 is 0.382 bits per heavy atom. The molecule has 0 aromatic rings. The number of aliphatic hydroxyl groups excluding tert-OH is 2. The maximum atomic E-state index is 13.6. The van der Waals surface area contributed by atoms with Crippen LogP contribution in [0.15, 0.2) is 23.3 Å². The van der Waals surface area contributed by atoms with Gasteiger partial charge in [-0.05, 0) is 84.6 Å². The van der Waals surface area contributed by atoms with Crippen molar-refractivity contribution in [2.24, 2.45) is 65.0 Å². The summed E-state index contributed by atoms with van der Waals surface area (Å²) >= 11 is 0. The van der Waals surface area contributed by atoms with E-state index in [1.165, 1.54) is 11.1 Å². The maximum absolute atomic E-state index is 13.6. The average Bonchev–Trinajstić information content (AvgIpc) is 3.12. The number of allylic oxidation sites excluding steroid dienone is 2. The first-order valence-corrected chi connectivity index (χ1v) is 23.4. The summed E-state index contributed by atoms with van der Waals surface area (Å²) in [4.78, 5) is 0. The van der Waals surface area contributed by atoms with Crippen LogP contribution >= 0.6 is 0 Å². The van der Waals surface area contributed by atoms with Crippen LogP contribution in [0.25, 0.3) is 0 Å². The van der Waals surface area contributed by atoms with E-state index in [0.29, 0.717) is 6.42 Å². The molecule has 2 unspecified atom stereocenters. The van der Waals surface area contributed by atoms with Gasteiger partial charge in [0.05, 0.1) is 12.2 Å². The normalized spacial score (nSPS) is 24.0. The Bertz CT molecular complexity index is 1200. The molecule has 2 aliphatic carbocycles. The first-order chi connectivity index (χ1) is 24.6. The van der Waals surface area contributed by atoms with Crippen LogP contribution in [0.4, 0.5) is 0 Å². The van der Waals surface area contributed by atoms with Crippen molar-refractivity contribution in [1.82, 2.24) is 0 Å². The van der Waals surface area contributed by atoms with Gasteiger partial charge in [-0.2, -0.15) is 0 Å². The topological polar surface area (TPSA) is 40.5 Å². The average molecular weight is 769 g/mol. The van der Waals surface area contributed by atoms with Crippen molar-refractivity contribution in [3.05, 3.63) is 23.3 Å². The van der Waals surface area contributed by atoms with Crippen molar-refractivity contribution in [3.8, 4) is 0 Å². The molecule has 2 nitrogen and oxygen atoms in total. The molecule has 2 N–H and O–H groups in total. The molecule has 0 heterocycles. The lowest BCUT2D eigenvalue weighted by atomic mass is 9.35. The molecule has 0 aromatic heterocycles. The van der Waals surface area contributed by atoms with Crippen molar-refractivity contribution >= 4 is 0 Å². The molecule has 2 atom stereocenters. The Labute approximate surface area is 346 Å². The van der Waals surface area contributed by atoms with Crippen LogP contribution in [-0.4, -0.2) is 22.4 Å². The van der Waals surface area contributed by atoms with Crippen LogP contribution in [0, 0.1) is 65.0 Å². The molecule has 0 saturated carbocycles. The van der Waals surface area contributed by atoms with Crippen molar-refractivity contribution in [3.63, 3.8) is 0 Å². The highest BCUT2D eigenvalue weighted by molar-refractivity contribution is 5.39. The quantitative estimate of drug-likeness (QED) is 0.136. The highest BCUT2D eigenvalue weighted by atomic mass is 16.3. The van der Waals surface area contributed by atoms with Crippen LogP contribution < -0.4 is 0 Å². The second kappa shape index (κ2) is 15.8. The summed E-state index contributed by atoms with van der Waals surface area (Å²) in [6.45, 7) is 58.8.